The number of aryl methyl sites for hydroxylation is 1. The van der Waals surface area contributed by atoms with E-state index in [1.165, 1.54) is 56.3 Å². The highest BCUT2D eigenvalue weighted by atomic mass is 15.1. The molecule has 0 atom stereocenters. The van der Waals surface area contributed by atoms with Gasteiger partial charge in [0.2, 0.25) is 0 Å². The van der Waals surface area contributed by atoms with Gasteiger partial charge in [0.1, 0.15) is 0 Å². The Morgan fingerprint density at radius 3 is 2.72 bits per heavy atom. The number of rotatable bonds is 5. The largest absolute Gasteiger partial charge is 0.299 e. The molecule has 1 aromatic carbocycles. The Morgan fingerprint density at radius 1 is 1.22 bits per heavy atom. The number of nitrogens with zero attached hydrogens (tertiary/aromatic N) is 1. The molecular weight excluding hydrogens is 218 g/mol. The van der Waals surface area contributed by atoms with Gasteiger partial charge in [-0.25, -0.2) is 0 Å². The van der Waals surface area contributed by atoms with Crippen molar-refractivity contribution in [1.82, 2.24) is 4.90 Å². The van der Waals surface area contributed by atoms with E-state index in [0.717, 1.165) is 12.5 Å². The second kappa shape index (κ2) is 6.94. The van der Waals surface area contributed by atoms with Crippen LogP contribution >= 0.6 is 0 Å². The van der Waals surface area contributed by atoms with Gasteiger partial charge in [-0.2, -0.15) is 0 Å². The standard InChI is InChI=1S/C17H26N/c1-15(2)10-11-16-8-4-5-9-17(16)14-18-12-6-3-7-13-18/h4-5,9,15H,3,6-7,10-14H2,1-2H3. The monoisotopic (exact) mass is 244 g/mol. The lowest BCUT2D eigenvalue weighted by atomic mass is 9.98. The summed E-state index contributed by atoms with van der Waals surface area (Å²) in [6.45, 7) is 8.28. The summed E-state index contributed by atoms with van der Waals surface area (Å²) in [7, 11) is 0. The molecule has 1 heterocycles. The zero-order chi connectivity index (χ0) is 12.8. The van der Waals surface area contributed by atoms with Crippen LogP contribution in [0.2, 0.25) is 0 Å². The lowest BCUT2D eigenvalue weighted by Crippen LogP contribution is -2.29. The maximum Gasteiger partial charge on any atom is 0.0236 e. The van der Waals surface area contributed by atoms with Crippen LogP contribution in [0.5, 0.6) is 0 Å². The zero-order valence-electron chi connectivity index (χ0n) is 11.9. The predicted molar refractivity (Wildman–Crippen MR) is 77.6 cm³/mol. The summed E-state index contributed by atoms with van der Waals surface area (Å²) in [5.74, 6) is 0.779. The maximum absolute atomic E-state index is 3.46. The summed E-state index contributed by atoms with van der Waals surface area (Å²) in [5, 5.41) is 0. The Bertz CT molecular complexity index is 350. The van der Waals surface area contributed by atoms with Crippen LogP contribution in [-0.2, 0) is 13.0 Å². The SMILES string of the molecule is CC(C)CCc1[c]cccc1CN1CCCCC1. The number of hydrogen-bond acceptors (Lipinski definition) is 1. The second-order valence-electron chi connectivity index (χ2n) is 5.94. The molecule has 1 nitrogen and oxygen atoms in total. The highest BCUT2D eigenvalue weighted by Crippen LogP contribution is 2.18. The highest BCUT2D eigenvalue weighted by Gasteiger charge is 2.12. The Labute approximate surface area is 112 Å². The number of benzene rings is 1. The molecule has 0 N–H and O–H groups in total. The van der Waals surface area contributed by atoms with Gasteiger partial charge in [-0.3, -0.25) is 4.90 Å². The maximum atomic E-state index is 3.46. The van der Waals surface area contributed by atoms with Crippen LogP contribution in [0.3, 0.4) is 0 Å². The van der Waals surface area contributed by atoms with Gasteiger partial charge in [0.15, 0.2) is 0 Å². The lowest BCUT2D eigenvalue weighted by Gasteiger charge is -2.27. The molecule has 0 spiro atoms. The molecule has 2 rings (SSSR count). The third-order valence-electron chi connectivity index (χ3n) is 3.85. The van der Waals surface area contributed by atoms with Gasteiger partial charge in [0.05, 0.1) is 0 Å². The Kier molecular flexibility index (Phi) is 5.25. The quantitative estimate of drug-likeness (QED) is 0.755. The molecule has 1 fully saturated rings. The van der Waals surface area contributed by atoms with Crippen LogP contribution in [0.25, 0.3) is 0 Å². The van der Waals surface area contributed by atoms with E-state index in [4.69, 9.17) is 0 Å². The summed E-state index contributed by atoms with van der Waals surface area (Å²) in [6.07, 6.45) is 6.61. The summed E-state index contributed by atoms with van der Waals surface area (Å²) in [4.78, 5) is 2.60. The van der Waals surface area contributed by atoms with Crippen molar-refractivity contribution in [2.45, 2.75) is 52.5 Å². The molecule has 99 valence electrons. The van der Waals surface area contributed by atoms with Crippen LogP contribution in [0.4, 0.5) is 0 Å². The van der Waals surface area contributed by atoms with E-state index in [0.29, 0.717) is 0 Å². The smallest absolute Gasteiger partial charge is 0.0236 e. The van der Waals surface area contributed by atoms with Gasteiger partial charge < -0.3 is 0 Å². The minimum absolute atomic E-state index is 0.779. The summed E-state index contributed by atoms with van der Waals surface area (Å²) in [6, 6.07) is 9.95. The van der Waals surface area contributed by atoms with Crippen molar-refractivity contribution in [1.29, 1.82) is 0 Å². The van der Waals surface area contributed by atoms with Gasteiger partial charge in [0, 0.05) is 6.54 Å². The molecule has 0 saturated carbocycles. The van der Waals surface area contributed by atoms with Crippen LogP contribution in [0, 0.1) is 12.0 Å². The van der Waals surface area contributed by atoms with Gasteiger partial charge in [0.25, 0.3) is 0 Å². The first-order valence-corrected chi connectivity index (χ1v) is 7.46. The zero-order valence-corrected chi connectivity index (χ0v) is 11.9. The number of likely N-dealkylation sites (tertiary alicyclic amines) is 1. The first-order valence-electron chi connectivity index (χ1n) is 7.46. The minimum atomic E-state index is 0.779. The molecule has 0 unspecified atom stereocenters. The van der Waals surface area contributed by atoms with Crippen molar-refractivity contribution in [2.75, 3.05) is 13.1 Å². The van der Waals surface area contributed by atoms with Crippen LogP contribution in [0.15, 0.2) is 18.2 Å². The molecule has 0 bridgehead atoms. The first kappa shape index (κ1) is 13.6. The van der Waals surface area contributed by atoms with Gasteiger partial charge in [-0.1, -0.05) is 38.5 Å². The molecule has 1 heteroatoms. The molecule has 1 saturated heterocycles. The van der Waals surface area contributed by atoms with Gasteiger partial charge in [-0.15, -0.1) is 0 Å². The molecule has 0 aromatic heterocycles. The van der Waals surface area contributed by atoms with E-state index >= 15 is 0 Å². The van der Waals surface area contributed by atoms with Crippen LogP contribution < -0.4 is 0 Å². The average molecular weight is 244 g/mol. The van der Waals surface area contributed by atoms with E-state index in [9.17, 15) is 0 Å². The van der Waals surface area contributed by atoms with Crippen molar-refractivity contribution in [3.05, 3.63) is 35.4 Å². The van der Waals surface area contributed by atoms with Crippen molar-refractivity contribution in [3.8, 4) is 0 Å². The fourth-order valence-corrected chi connectivity index (χ4v) is 2.68. The Hall–Kier alpha value is -0.820. The van der Waals surface area contributed by atoms with Gasteiger partial charge in [-0.05, 0) is 61.9 Å². The van der Waals surface area contributed by atoms with E-state index in [1.807, 2.05) is 0 Å². The second-order valence-corrected chi connectivity index (χ2v) is 5.94. The molecule has 0 amide bonds. The topological polar surface area (TPSA) is 3.24 Å². The first-order chi connectivity index (χ1) is 8.75. The summed E-state index contributed by atoms with van der Waals surface area (Å²) in [5.41, 5.74) is 2.94. The molecular formula is C17H26N. The average Bonchev–Trinajstić information content (AvgIpc) is 2.39. The number of hydrogen-bond donors (Lipinski definition) is 0. The van der Waals surface area contributed by atoms with E-state index in [2.05, 4.69) is 43.0 Å². The van der Waals surface area contributed by atoms with Crippen molar-refractivity contribution < 1.29 is 0 Å². The Morgan fingerprint density at radius 2 is 2.00 bits per heavy atom. The minimum Gasteiger partial charge on any atom is -0.299 e. The fourth-order valence-electron chi connectivity index (χ4n) is 2.68. The van der Waals surface area contributed by atoms with Crippen molar-refractivity contribution in [3.63, 3.8) is 0 Å². The van der Waals surface area contributed by atoms with Crippen LogP contribution in [0.1, 0.15) is 50.7 Å². The normalized spacial score (nSPS) is 17.3. The predicted octanol–water partition coefficient (Wildman–Crippen LogP) is 4.06. The summed E-state index contributed by atoms with van der Waals surface area (Å²) < 4.78 is 0. The lowest BCUT2D eigenvalue weighted by molar-refractivity contribution is 0.220. The molecule has 1 aliphatic heterocycles. The van der Waals surface area contributed by atoms with E-state index in [-0.39, 0.29) is 0 Å². The molecule has 1 aromatic rings. The van der Waals surface area contributed by atoms with Crippen molar-refractivity contribution >= 4 is 0 Å². The summed E-state index contributed by atoms with van der Waals surface area (Å²) >= 11 is 0. The van der Waals surface area contributed by atoms with Crippen molar-refractivity contribution in [2.24, 2.45) is 5.92 Å². The molecule has 0 aliphatic carbocycles. The molecule has 18 heavy (non-hydrogen) atoms. The van der Waals surface area contributed by atoms with E-state index in [1.54, 1.807) is 0 Å². The molecule has 1 aliphatic rings. The van der Waals surface area contributed by atoms with Gasteiger partial charge >= 0.3 is 0 Å². The third kappa shape index (κ3) is 4.13. The third-order valence-corrected chi connectivity index (χ3v) is 3.85. The Balaban J connectivity index is 1.97. The van der Waals surface area contributed by atoms with E-state index < -0.39 is 0 Å². The number of piperidine rings is 1. The highest BCUT2D eigenvalue weighted by molar-refractivity contribution is 5.26. The van der Waals surface area contributed by atoms with Crippen LogP contribution in [-0.4, -0.2) is 18.0 Å². The molecule has 1 radical (unpaired) electrons. The fraction of sp³-hybridized carbons (Fsp3) is 0.647.